The Balaban J connectivity index is 2.44. The summed E-state index contributed by atoms with van der Waals surface area (Å²) in [7, 11) is -1.52. The molecule has 0 bridgehead atoms. The number of benzene rings is 1. The fraction of sp³-hybridized carbons (Fsp3) is 0.200. The van der Waals surface area contributed by atoms with E-state index in [1.54, 1.807) is 31.2 Å². The molecule has 1 aliphatic heterocycles. The Morgan fingerprint density at radius 1 is 1.40 bits per heavy atom. The molecule has 1 aromatic rings. The van der Waals surface area contributed by atoms with Gasteiger partial charge < -0.3 is 15.4 Å². The summed E-state index contributed by atoms with van der Waals surface area (Å²) in [6.45, 7) is 1.65. The molecule has 3 N–H and O–H groups in total. The molecule has 5 heteroatoms. The van der Waals surface area contributed by atoms with Crippen molar-refractivity contribution < 1.29 is 15.2 Å². The summed E-state index contributed by atoms with van der Waals surface area (Å²) in [5, 5.41) is 32.7. The third-order valence-corrected chi connectivity index (χ3v) is 2.60. The molecule has 1 aliphatic rings. The van der Waals surface area contributed by atoms with Gasteiger partial charge in [0.2, 0.25) is 0 Å². The first-order chi connectivity index (χ1) is 7.03. The highest BCUT2D eigenvalue weighted by Gasteiger charge is 2.37. The van der Waals surface area contributed by atoms with E-state index >= 15 is 0 Å². The monoisotopic (exact) mass is 204 g/mol. The summed E-state index contributed by atoms with van der Waals surface area (Å²) < 4.78 is 0. The molecule has 0 spiro atoms. The molecule has 1 aromatic carbocycles. The number of rotatable bonds is 1. The Labute approximate surface area is 88.0 Å². The fourth-order valence-corrected chi connectivity index (χ4v) is 1.56. The van der Waals surface area contributed by atoms with Gasteiger partial charge >= 0.3 is 7.12 Å². The van der Waals surface area contributed by atoms with Crippen LogP contribution >= 0.6 is 0 Å². The van der Waals surface area contributed by atoms with Gasteiger partial charge in [0.25, 0.3) is 0 Å². The zero-order valence-corrected chi connectivity index (χ0v) is 8.27. The van der Waals surface area contributed by atoms with Crippen LogP contribution in [-0.2, 0) is 5.11 Å². The Bertz CT molecular complexity index is 419. The van der Waals surface area contributed by atoms with E-state index in [-0.39, 0.29) is 5.75 Å². The molecule has 0 saturated heterocycles. The van der Waals surface area contributed by atoms with E-state index in [4.69, 9.17) is 0 Å². The van der Waals surface area contributed by atoms with E-state index in [9.17, 15) is 15.2 Å². The van der Waals surface area contributed by atoms with Crippen molar-refractivity contribution in [2.75, 3.05) is 5.32 Å². The first-order valence-electron chi connectivity index (χ1n) is 4.66. The van der Waals surface area contributed by atoms with Crippen LogP contribution in [0.2, 0.25) is 0 Å². The average Bonchev–Trinajstić information content (AvgIpc) is 2.17. The fourth-order valence-electron chi connectivity index (χ4n) is 1.56. The predicted octanol–water partition coefficient (Wildman–Crippen LogP) is 1.04. The van der Waals surface area contributed by atoms with E-state index in [1.165, 1.54) is 6.07 Å². The third kappa shape index (κ3) is 1.60. The largest absolute Gasteiger partial charge is 0.482 e. The molecular formula is C10H11BNO3. The highest BCUT2D eigenvalue weighted by molar-refractivity contribution is 6.47. The Morgan fingerprint density at radius 2 is 2.13 bits per heavy atom. The van der Waals surface area contributed by atoms with Gasteiger partial charge in [-0.1, -0.05) is 18.2 Å². The average molecular weight is 204 g/mol. The molecule has 4 nitrogen and oxygen atoms in total. The van der Waals surface area contributed by atoms with Crippen molar-refractivity contribution in [2.24, 2.45) is 0 Å². The zero-order valence-electron chi connectivity index (χ0n) is 8.27. The summed E-state index contributed by atoms with van der Waals surface area (Å²) in [5.74, 6) is -0.0780. The van der Waals surface area contributed by atoms with Crippen LogP contribution in [0, 0.1) is 0 Å². The van der Waals surface area contributed by atoms with Gasteiger partial charge in [0.1, 0.15) is 0 Å². The van der Waals surface area contributed by atoms with Gasteiger partial charge in [-0.3, -0.25) is 5.11 Å². The van der Waals surface area contributed by atoms with Crippen molar-refractivity contribution in [1.29, 1.82) is 0 Å². The molecule has 1 atom stereocenters. The topological polar surface area (TPSA) is 72.4 Å². The molecule has 1 unspecified atom stereocenters. The molecule has 1 heterocycles. The van der Waals surface area contributed by atoms with Crippen molar-refractivity contribution >= 4 is 18.9 Å². The Morgan fingerprint density at radius 3 is 2.80 bits per heavy atom. The zero-order chi connectivity index (χ0) is 11.1. The third-order valence-electron chi connectivity index (χ3n) is 2.60. The Hall–Kier alpha value is -1.46. The molecule has 2 rings (SSSR count). The van der Waals surface area contributed by atoms with Gasteiger partial charge in [0.05, 0.1) is 5.44 Å². The lowest BCUT2D eigenvalue weighted by Crippen LogP contribution is -2.49. The van der Waals surface area contributed by atoms with Crippen LogP contribution in [0.25, 0.3) is 6.08 Å². The standard InChI is InChI=1S/C10H11BNO3/c1-10(11(14)15)6-5-7-8(12-10)3-2-4-9(7)13/h2-6,12,14-15H,1H3. The van der Waals surface area contributed by atoms with Crippen LogP contribution in [0.5, 0.6) is 5.75 Å². The maximum Gasteiger partial charge on any atom is 0.482 e. The molecular weight excluding hydrogens is 193 g/mol. The number of hydrogen-bond donors (Lipinski definition) is 3. The van der Waals surface area contributed by atoms with Crippen molar-refractivity contribution in [1.82, 2.24) is 0 Å². The smallest absolute Gasteiger partial charge is 0.425 e. The minimum atomic E-state index is -1.52. The maximum atomic E-state index is 11.4. The van der Waals surface area contributed by atoms with Crippen LogP contribution in [0.3, 0.4) is 0 Å². The molecule has 0 aromatic heterocycles. The van der Waals surface area contributed by atoms with Gasteiger partial charge in [-0.25, -0.2) is 0 Å². The van der Waals surface area contributed by atoms with Crippen molar-refractivity contribution in [3.63, 3.8) is 0 Å². The van der Waals surface area contributed by atoms with Crippen LogP contribution < -0.4 is 5.32 Å². The number of anilines is 1. The number of nitrogens with one attached hydrogen (secondary N) is 1. The summed E-state index contributed by atoms with van der Waals surface area (Å²) in [5.41, 5.74) is 0.233. The van der Waals surface area contributed by atoms with Gasteiger partial charge in [-0.05, 0) is 19.1 Å². The highest BCUT2D eigenvalue weighted by atomic mass is 16.4. The lowest BCUT2D eigenvalue weighted by Gasteiger charge is -2.31. The van der Waals surface area contributed by atoms with Crippen LogP contribution in [0.4, 0.5) is 5.69 Å². The summed E-state index contributed by atoms with van der Waals surface area (Å²) in [6.07, 6.45) is 3.20. The van der Waals surface area contributed by atoms with Gasteiger partial charge in [0, 0.05) is 11.3 Å². The number of hydrogen-bond acceptors (Lipinski definition) is 3. The van der Waals surface area contributed by atoms with Crippen molar-refractivity contribution in [2.45, 2.75) is 12.4 Å². The van der Waals surface area contributed by atoms with E-state index in [0.29, 0.717) is 11.3 Å². The van der Waals surface area contributed by atoms with Crippen molar-refractivity contribution in [3.05, 3.63) is 29.8 Å². The molecule has 0 saturated carbocycles. The van der Waals surface area contributed by atoms with Gasteiger partial charge in [-0.2, -0.15) is 0 Å². The van der Waals surface area contributed by atoms with Crippen LogP contribution in [0.15, 0.2) is 24.3 Å². The minimum Gasteiger partial charge on any atom is -0.425 e. The van der Waals surface area contributed by atoms with Crippen LogP contribution in [0.1, 0.15) is 12.5 Å². The lowest BCUT2D eigenvalue weighted by atomic mass is 9.64. The van der Waals surface area contributed by atoms with E-state index in [1.807, 2.05) is 0 Å². The van der Waals surface area contributed by atoms with Crippen LogP contribution in [-0.4, -0.2) is 22.6 Å². The van der Waals surface area contributed by atoms with E-state index in [0.717, 1.165) is 0 Å². The first-order valence-corrected chi connectivity index (χ1v) is 4.66. The molecule has 0 fully saturated rings. The maximum absolute atomic E-state index is 11.4. The second-order valence-electron chi connectivity index (χ2n) is 3.83. The minimum absolute atomic E-state index is 0.0780. The number of fused-ring (bicyclic) bond motifs is 1. The predicted molar refractivity (Wildman–Crippen MR) is 57.8 cm³/mol. The summed E-state index contributed by atoms with van der Waals surface area (Å²) in [4.78, 5) is 0. The molecule has 0 aliphatic carbocycles. The molecule has 0 amide bonds. The van der Waals surface area contributed by atoms with Crippen molar-refractivity contribution in [3.8, 4) is 5.75 Å². The van der Waals surface area contributed by atoms with Gasteiger partial charge in [0.15, 0.2) is 5.75 Å². The SMILES string of the molecule is CC1(B(O)O)C=Cc2c([O])cccc2N1. The Kier molecular flexibility index (Phi) is 2.21. The van der Waals surface area contributed by atoms with E-state index in [2.05, 4.69) is 5.32 Å². The normalized spacial score (nSPS) is 23.1. The second kappa shape index (κ2) is 3.29. The molecule has 15 heavy (non-hydrogen) atoms. The summed E-state index contributed by atoms with van der Waals surface area (Å²) >= 11 is 0. The second-order valence-corrected chi connectivity index (χ2v) is 3.83. The van der Waals surface area contributed by atoms with E-state index < -0.39 is 12.6 Å². The highest BCUT2D eigenvalue weighted by Crippen LogP contribution is 2.34. The quantitative estimate of drug-likeness (QED) is 0.598. The lowest BCUT2D eigenvalue weighted by molar-refractivity contribution is 0.353. The van der Waals surface area contributed by atoms with Gasteiger partial charge in [-0.15, -0.1) is 0 Å². The molecule has 1 radical (unpaired) electrons. The first kappa shape index (κ1) is 10.1. The summed E-state index contributed by atoms with van der Waals surface area (Å²) in [6, 6.07) is 4.85. The molecule has 77 valence electrons.